The molecule has 1 amide bonds. The number of nitrogens with one attached hydrogen (secondary N) is 1. The molecule has 1 aromatic carbocycles. The van der Waals surface area contributed by atoms with Crippen LogP contribution in [0.15, 0.2) is 41.0 Å². The first kappa shape index (κ1) is 14.8. The molecular formula is C16H17NO4. The number of methoxy groups -OCH3 is 1. The normalized spacial score (nSPS) is 11.0. The molecule has 1 heterocycles. The third kappa shape index (κ3) is 3.95. The van der Waals surface area contributed by atoms with Crippen molar-refractivity contribution in [2.45, 2.75) is 13.3 Å². The summed E-state index contributed by atoms with van der Waals surface area (Å²) in [4.78, 5) is 22.7. The van der Waals surface area contributed by atoms with Crippen LogP contribution in [0.4, 0.5) is 0 Å². The highest BCUT2D eigenvalue weighted by Crippen LogP contribution is 2.22. The summed E-state index contributed by atoms with van der Waals surface area (Å²) in [5.41, 5.74) is 2.74. The second kappa shape index (κ2) is 6.74. The van der Waals surface area contributed by atoms with Crippen LogP contribution in [0.25, 0.3) is 11.0 Å². The highest BCUT2D eigenvalue weighted by Gasteiger charge is 2.09. The van der Waals surface area contributed by atoms with Crippen molar-refractivity contribution in [1.29, 1.82) is 0 Å². The van der Waals surface area contributed by atoms with E-state index < -0.39 is 5.97 Å². The average Bonchev–Trinajstić information content (AvgIpc) is 2.85. The zero-order valence-corrected chi connectivity index (χ0v) is 12.0. The summed E-state index contributed by atoms with van der Waals surface area (Å²) in [6.45, 7) is 2.27. The molecule has 21 heavy (non-hydrogen) atoms. The number of fused-ring (bicyclic) bond motifs is 1. The third-order valence-electron chi connectivity index (χ3n) is 3.03. The van der Waals surface area contributed by atoms with Crippen LogP contribution in [0.1, 0.15) is 11.1 Å². The summed E-state index contributed by atoms with van der Waals surface area (Å²) >= 11 is 0. The van der Waals surface area contributed by atoms with Gasteiger partial charge in [-0.05, 0) is 18.6 Å². The highest BCUT2D eigenvalue weighted by molar-refractivity contribution is 5.88. The summed E-state index contributed by atoms with van der Waals surface area (Å²) in [6, 6.07) is 5.88. The Bertz CT molecular complexity index is 685. The Balaban J connectivity index is 1.93. The Labute approximate surface area is 122 Å². The SMILES string of the molecule is COC(=O)/C=C/CNC(=O)Cc1coc2cc(C)ccc12. The van der Waals surface area contributed by atoms with Gasteiger partial charge in [-0.15, -0.1) is 0 Å². The van der Waals surface area contributed by atoms with Crippen molar-refractivity contribution >= 4 is 22.8 Å². The lowest BCUT2D eigenvalue weighted by molar-refractivity contribution is -0.134. The van der Waals surface area contributed by atoms with E-state index in [0.717, 1.165) is 22.1 Å². The molecule has 0 saturated carbocycles. The Morgan fingerprint density at radius 3 is 2.95 bits per heavy atom. The van der Waals surface area contributed by atoms with Gasteiger partial charge >= 0.3 is 5.97 Å². The minimum atomic E-state index is -0.444. The van der Waals surface area contributed by atoms with Gasteiger partial charge in [0.05, 0.1) is 19.8 Å². The van der Waals surface area contributed by atoms with Gasteiger partial charge in [0.25, 0.3) is 0 Å². The lowest BCUT2D eigenvalue weighted by Crippen LogP contribution is -2.25. The van der Waals surface area contributed by atoms with E-state index in [-0.39, 0.29) is 18.9 Å². The van der Waals surface area contributed by atoms with Crippen molar-refractivity contribution in [2.24, 2.45) is 0 Å². The number of furan rings is 1. The Morgan fingerprint density at radius 2 is 2.19 bits per heavy atom. The van der Waals surface area contributed by atoms with Gasteiger partial charge in [0.1, 0.15) is 5.58 Å². The molecule has 0 radical (unpaired) electrons. The monoisotopic (exact) mass is 287 g/mol. The summed E-state index contributed by atoms with van der Waals surface area (Å²) in [5.74, 6) is -0.576. The van der Waals surface area contributed by atoms with Crippen molar-refractivity contribution in [1.82, 2.24) is 5.32 Å². The number of benzene rings is 1. The molecular weight excluding hydrogens is 270 g/mol. The number of rotatable bonds is 5. The molecule has 0 aliphatic carbocycles. The number of carbonyl (C=O) groups is 2. The molecule has 0 fully saturated rings. The van der Waals surface area contributed by atoms with Gasteiger partial charge < -0.3 is 14.5 Å². The minimum absolute atomic E-state index is 0.132. The Kier molecular flexibility index (Phi) is 4.77. The second-order valence-corrected chi connectivity index (χ2v) is 4.67. The molecule has 1 N–H and O–H groups in total. The smallest absolute Gasteiger partial charge is 0.330 e. The first-order chi connectivity index (χ1) is 10.1. The van der Waals surface area contributed by atoms with Crippen LogP contribution >= 0.6 is 0 Å². The van der Waals surface area contributed by atoms with Crippen LogP contribution < -0.4 is 5.32 Å². The number of aryl methyl sites for hydroxylation is 1. The summed E-state index contributed by atoms with van der Waals surface area (Å²) in [5, 5.41) is 3.65. The van der Waals surface area contributed by atoms with Crippen molar-refractivity contribution in [2.75, 3.05) is 13.7 Å². The fourth-order valence-corrected chi connectivity index (χ4v) is 1.96. The number of esters is 1. The molecule has 1 aromatic heterocycles. The van der Waals surface area contributed by atoms with E-state index in [2.05, 4.69) is 10.1 Å². The van der Waals surface area contributed by atoms with Crippen LogP contribution in [0.3, 0.4) is 0 Å². The highest BCUT2D eigenvalue weighted by atomic mass is 16.5. The first-order valence-electron chi connectivity index (χ1n) is 6.58. The van der Waals surface area contributed by atoms with Crippen LogP contribution in [0, 0.1) is 6.92 Å². The van der Waals surface area contributed by atoms with Crippen LogP contribution in [0.5, 0.6) is 0 Å². The summed E-state index contributed by atoms with van der Waals surface area (Å²) in [7, 11) is 1.30. The molecule has 0 aliphatic heterocycles. The van der Waals surface area contributed by atoms with Crippen molar-refractivity contribution < 1.29 is 18.7 Å². The van der Waals surface area contributed by atoms with Crippen LogP contribution in [-0.4, -0.2) is 25.5 Å². The summed E-state index contributed by atoms with van der Waals surface area (Å²) in [6.07, 6.45) is 4.66. The number of hydrogen-bond acceptors (Lipinski definition) is 4. The maximum absolute atomic E-state index is 11.8. The molecule has 5 heteroatoms. The molecule has 0 bridgehead atoms. The minimum Gasteiger partial charge on any atom is -0.466 e. The van der Waals surface area contributed by atoms with E-state index in [1.807, 2.05) is 25.1 Å². The predicted octanol–water partition coefficient (Wildman–Crippen LogP) is 2.13. The van der Waals surface area contributed by atoms with E-state index >= 15 is 0 Å². The fourth-order valence-electron chi connectivity index (χ4n) is 1.96. The van der Waals surface area contributed by atoms with Gasteiger partial charge in [-0.1, -0.05) is 18.2 Å². The molecule has 110 valence electrons. The first-order valence-corrected chi connectivity index (χ1v) is 6.58. The van der Waals surface area contributed by atoms with E-state index in [1.165, 1.54) is 13.2 Å². The van der Waals surface area contributed by atoms with E-state index in [0.29, 0.717) is 0 Å². The molecule has 5 nitrogen and oxygen atoms in total. The number of carbonyl (C=O) groups excluding carboxylic acids is 2. The van der Waals surface area contributed by atoms with Gasteiger partial charge in [0, 0.05) is 23.6 Å². The van der Waals surface area contributed by atoms with E-state index in [9.17, 15) is 9.59 Å². The second-order valence-electron chi connectivity index (χ2n) is 4.67. The van der Waals surface area contributed by atoms with Gasteiger partial charge in [-0.3, -0.25) is 4.79 Å². The molecule has 2 rings (SSSR count). The van der Waals surface area contributed by atoms with Crippen molar-refractivity contribution in [3.8, 4) is 0 Å². The third-order valence-corrected chi connectivity index (χ3v) is 3.03. The quantitative estimate of drug-likeness (QED) is 0.675. The molecule has 0 spiro atoms. The standard InChI is InChI=1S/C16H17NO4/c1-11-5-6-13-12(10-21-14(13)8-11)9-15(18)17-7-3-4-16(19)20-2/h3-6,8,10H,7,9H2,1-2H3,(H,17,18)/b4-3+. The average molecular weight is 287 g/mol. The fraction of sp³-hybridized carbons (Fsp3) is 0.250. The van der Waals surface area contributed by atoms with Gasteiger partial charge in [0.2, 0.25) is 5.91 Å². The lowest BCUT2D eigenvalue weighted by atomic mass is 10.1. The predicted molar refractivity (Wildman–Crippen MR) is 78.8 cm³/mol. The number of amides is 1. The number of ether oxygens (including phenoxy) is 1. The lowest BCUT2D eigenvalue weighted by Gasteiger charge is -2.01. The van der Waals surface area contributed by atoms with Crippen molar-refractivity contribution in [3.05, 3.63) is 47.7 Å². The Morgan fingerprint density at radius 1 is 1.38 bits per heavy atom. The van der Waals surface area contributed by atoms with Crippen LogP contribution in [-0.2, 0) is 20.7 Å². The maximum atomic E-state index is 11.8. The number of hydrogen-bond donors (Lipinski definition) is 1. The van der Waals surface area contributed by atoms with E-state index in [1.54, 1.807) is 12.3 Å². The van der Waals surface area contributed by atoms with Gasteiger partial charge in [0.15, 0.2) is 0 Å². The maximum Gasteiger partial charge on any atom is 0.330 e. The zero-order chi connectivity index (χ0) is 15.2. The molecule has 0 unspecified atom stereocenters. The zero-order valence-electron chi connectivity index (χ0n) is 12.0. The molecule has 0 atom stereocenters. The largest absolute Gasteiger partial charge is 0.466 e. The molecule has 0 saturated heterocycles. The van der Waals surface area contributed by atoms with E-state index in [4.69, 9.17) is 4.42 Å². The Hall–Kier alpha value is -2.56. The van der Waals surface area contributed by atoms with Gasteiger partial charge in [-0.25, -0.2) is 4.79 Å². The molecule has 2 aromatic rings. The molecule has 0 aliphatic rings. The summed E-state index contributed by atoms with van der Waals surface area (Å²) < 4.78 is 9.90. The topological polar surface area (TPSA) is 68.5 Å². The van der Waals surface area contributed by atoms with Gasteiger partial charge in [-0.2, -0.15) is 0 Å². The van der Waals surface area contributed by atoms with Crippen molar-refractivity contribution in [3.63, 3.8) is 0 Å². The van der Waals surface area contributed by atoms with Crippen LogP contribution in [0.2, 0.25) is 0 Å².